The molecule has 6 nitrogen and oxygen atoms in total. The molecular formula is C26H39N3O3. The Hall–Kier alpha value is -2.08. The van der Waals surface area contributed by atoms with E-state index in [1.807, 2.05) is 29.2 Å². The van der Waals surface area contributed by atoms with Crippen LogP contribution in [0.2, 0.25) is 0 Å². The molecule has 32 heavy (non-hydrogen) atoms. The van der Waals surface area contributed by atoms with Crippen LogP contribution in [0.1, 0.15) is 69.9 Å². The Labute approximate surface area is 192 Å². The molecule has 0 bridgehead atoms. The Balaban J connectivity index is 1.54. The highest BCUT2D eigenvalue weighted by molar-refractivity contribution is 5.85. The Morgan fingerprint density at radius 1 is 1.06 bits per heavy atom. The lowest BCUT2D eigenvalue weighted by molar-refractivity contribution is -0.149. The van der Waals surface area contributed by atoms with Gasteiger partial charge >= 0.3 is 0 Å². The lowest BCUT2D eigenvalue weighted by Crippen LogP contribution is -2.55. The van der Waals surface area contributed by atoms with Crippen molar-refractivity contribution < 1.29 is 14.3 Å². The Bertz CT molecular complexity index is 784. The quantitative estimate of drug-likeness (QED) is 0.645. The van der Waals surface area contributed by atoms with Gasteiger partial charge in [0.1, 0.15) is 5.75 Å². The summed E-state index contributed by atoms with van der Waals surface area (Å²) in [7, 11) is 1.67. The Kier molecular flexibility index (Phi) is 7.71. The monoisotopic (exact) mass is 441 g/mol. The predicted octanol–water partition coefficient (Wildman–Crippen LogP) is 3.86. The fraction of sp³-hybridized carbons (Fsp3) is 0.692. The lowest BCUT2D eigenvalue weighted by Gasteiger charge is -2.44. The number of carbonyl (C=O) groups is 2. The molecule has 0 radical (unpaired) electrons. The van der Waals surface area contributed by atoms with Crippen molar-refractivity contribution >= 4 is 11.8 Å². The van der Waals surface area contributed by atoms with Crippen molar-refractivity contribution in [1.82, 2.24) is 14.7 Å². The molecule has 2 heterocycles. The SMILES string of the molecule is CCCCN1C(=O)CCC(C(=O)N2CCN(C3CCCC3)CC2)C1c1ccccc1OC. The highest BCUT2D eigenvalue weighted by atomic mass is 16.5. The van der Waals surface area contributed by atoms with E-state index in [1.54, 1.807) is 7.11 Å². The molecule has 1 aromatic rings. The second-order valence-corrected chi connectivity index (χ2v) is 9.57. The van der Waals surface area contributed by atoms with Gasteiger partial charge in [0.15, 0.2) is 0 Å². The smallest absolute Gasteiger partial charge is 0.228 e. The minimum absolute atomic E-state index is 0.157. The second-order valence-electron chi connectivity index (χ2n) is 9.57. The number of nitrogens with zero attached hydrogens (tertiary/aromatic N) is 3. The predicted molar refractivity (Wildman–Crippen MR) is 125 cm³/mol. The van der Waals surface area contributed by atoms with Crippen molar-refractivity contribution in [3.63, 3.8) is 0 Å². The van der Waals surface area contributed by atoms with E-state index in [0.29, 0.717) is 25.4 Å². The largest absolute Gasteiger partial charge is 0.496 e. The first kappa shape index (κ1) is 23.1. The third-order valence-electron chi connectivity index (χ3n) is 7.70. The molecule has 1 aliphatic carbocycles. The first-order chi connectivity index (χ1) is 15.6. The average Bonchev–Trinajstić information content (AvgIpc) is 3.38. The van der Waals surface area contributed by atoms with Crippen LogP contribution in [-0.4, -0.2) is 72.4 Å². The van der Waals surface area contributed by atoms with Gasteiger partial charge in [0.2, 0.25) is 11.8 Å². The van der Waals surface area contributed by atoms with Crippen LogP contribution in [0.15, 0.2) is 24.3 Å². The number of piperidine rings is 1. The first-order valence-corrected chi connectivity index (χ1v) is 12.6. The van der Waals surface area contributed by atoms with Crippen LogP contribution in [0.4, 0.5) is 0 Å². The highest BCUT2D eigenvalue weighted by Gasteiger charge is 2.43. The fourth-order valence-electron chi connectivity index (χ4n) is 5.91. The first-order valence-electron chi connectivity index (χ1n) is 12.6. The van der Waals surface area contributed by atoms with Crippen LogP contribution in [-0.2, 0) is 9.59 Å². The maximum absolute atomic E-state index is 13.8. The molecule has 2 atom stereocenters. The van der Waals surface area contributed by atoms with E-state index >= 15 is 0 Å². The average molecular weight is 442 g/mol. The number of amides is 2. The molecule has 2 saturated heterocycles. The molecule has 3 aliphatic rings. The molecule has 6 heteroatoms. The molecule has 2 aliphatic heterocycles. The van der Waals surface area contributed by atoms with Crippen molar-refractivity contribution in [1.29, 1.82) is 0 Å². The topological polar surface area (TPSA) is 53.1 Å². The Morgan fingerprint density at radius 2 is 1.78 bits per heavy atom. The summed E-state index contributed by atoms with van der Waals surface area (Å²) in [5, 5.41) is 0. The van der Waals surface area contributed by atoms with Gasteiger partial charge < -0.3 is 14.5 Å². The van der Waals surface area contributed by atoms with Gasteiger partial charge in [-0.2, -0.15) is 0 Å². The molecule has 1 aromatic carbocycles. The summed E-state index contributed by atoms with van der Waals surface area (Å²) in [6.07, 6.45) is 8.33. The summed E-state index contributed by atoms with van der Waals surface area (Å²) < 4.78 is 5.66. The number of carbonyl (C=O) groups excluding carboxylic acids is 2. The van der Waals surface area contributed by atoms with Gasteiger partial charge in [-0.1, -0.05) is 44.4 Å². The summed E-state index contributed by atoms with van der Waals surface area (Å²) in [5.41, 5.74) is 0.960. The zero-order chi connectivity index (χ0) is 22.5. The number of rotatable bonds is 7. The van der Waals surface area contributed by atoms with Crippen LogP contribution in [0, 0.1) is 5.92 Å². The minimum Gasteiger partial charge on any atom is -0.496 e. The van der Waals surface area contributed by atoms with Crippen LogP contribution < -0.4 is 4.74 Å². The summed E-state index contributed by atoms with van der Waals surface area (Å²) >= 11 is 0. The number of benzene rings is 1. The number of hydrogen-bond donors (Lipinski definition) is 0. The van der Waals surface area contributed by atoms with E-state index < -0.39 is 0 Å². The van der Waals surface area contributed by atoms with E-state index in [2.05, 4.69) is 16.7 Å². The third-order valence-corrected chi connectivity index (χ3v) is 7.70. The molecule has 0 N–H and O–H groups in total. The van der Waals surface area contributed by atoms with Crippen molar-refractivity contribution in [3.8, 4) is 5.75 Å². The molecule has 1 saturated carbocycles. The van der Waals surface area contributed by atoms with Crippen molar-refractivity contribution in [2.75, 3.05) is 39.8 Å². The van der Waals surface area contributed by atoms with Gasteiger partial charge in [-0.05, 0) is 31.7 Å². The maximum Gasteiger partial charge on any atom is 0.228 e. The molecule has 0 spiro atoms. The number of unbranched alkanes of at least 4 members (excludes halogenated alkanes) is 1. The standard InChI is InChI=1S/C26H39N3O3/c1-3-4-15-29-24(30)14-13-22(25(29)21-11-7-8-12-23(21)32-2)26(31)28-18-16-27(17-19-28)20-9-5-6-10-20/h7-8,11-12,20,22,25H,3-6,9-10,13-19H2,1-2H3. The maximum atomic E-state index is 13.8. The molecule has 176 valence electrons. The third kappa shape index (κ3) is 4.80. The van der Waals surface area contributed by atoms with Crippen molar-refractivity contribution in [2.45, 2.75) is 70.4 Å². The number of likely N-dealkylation sites (tertiary alicyclic amines) is 1. The second kappa shape index (κ2) is 10.7. The molecule has 2 amide bonds. The van der Waals surface area contributed by atoms with E-state index in [9.17, 15) is 9.59 Å². The number of methoxy groups -OCH3 is 1. The van der Waals surface area contributed by atoms with Gasteiger partial charge in [-0.3, -0.25) is 14.5 Å². The van der Waals surface area contributed by atoms with Crippen molar-refractivity contribution in [2.24, 2.45) is 5.92 Å². The molecule has 4 rings (SSSR count). The summed E-state index contributed by atoms with van der Waals surface area (Å²) in [6.45, 7) is 6.37. The minimum atomic E-state index is -0.251. The zero-order valence-electron chi connectivity index (χ0n) is 19.8. The highest BCUT2D eigenvalue weighted by Crippen LogP contribution is 2.41. The number of ether oxygens (including phenoxy) is 1. The van der Waals surface area contributed by atoms with Crippen LogP contribution in [0.25, 0.3) is 0 Å². The fourth-order valence-corrected chi connectivity index (χ4v) is 5.91. The Morgan fingerprint density at radius 3 is 2.47 bits per heavy atom. The van der Waals surface area contributed by atoms with Gasteiger partial charge in [-0.25, -0.2) is 0 Å². The van der Waals surface area contributed by atoms with Crippen molar-refractivity contribution in [3.05, 3.63) is 29.8 Å². The molecule has 3 fully saturated rings. The van der Waals surface area contributed by atoms with Gasteiger partial charge in [0, 0.05) is 50.7 Å². The number of piperazine rings is 1. The summed E-state index contributed by atoms with van der Waals surface area (Å²) in [4.78, 5) is 33.4. The van der Waals surface area contributed by atoms with E-state index in [-0.39, 0.29) is 23.8 Å². The van der Waals surface area contributed by atoms with Crippen LogP contribution in [0.3, 0.4) is 0 Å². The van der Waals surface area contributed by atoms with E-state index in [4.69, 9.17) is 4.74 Å². The number of hydrogen-bond acceptors (Lipinski definition) is 4. The lowest BCUT2D eigenvalue weighted by atomic mass is 9.82. The normalized spacial score (nSPS) is 25.4. The van der Waals surface area contributed by atoms with Gasteiger partial charge in [-0.15, -0.1) is 0 Å². The van der Waals surface area contributed by atoms with E-state index in [0.717, 1.165) is 50.3 Å². The van der Waals surface area contributed by atoms with Crippen LogP contribution in [0.5, 0.6) is 5.75 Å². The van der Waals surface area contributed by atoms with Crippen LogP contribution >= 0.6 is 0 Å². The zero-order valence-corrected chi connectivity index (χ0v) is 19.8. The summed E-state index contributed by atoms with van der Waals surface area (Å²) in [6, 6.07) is 8.36. The van der Waals surface area contributed by atoms with Gasteiger partial charge in [0.25, 0.3) is 0 Å². The summed E-state index contributed by atoms with van der Waals surface area (Å²) in [5.74, 6) is 0.918. The van der Waals surface area contributed by atoms with E-state index in [1.165, 1.54) is 25.7 Å². The van der Waals surface area contributed by atoms with Gasteiger partial charge in [0.05, 0.1) is 19.1 Å². The molecule has 0 aromatic heterocycles. The molecular weight excluding hydrogens is 402 g/mol. The molecule has 2 unspecified atom stereocenters. The number of para-hydroxylation sites is 1.